The van der Waals surface area contributed by atoms with Crippen molar-refractivity contribution in [1.82, 2.24) is 0 Å². The first-order chi connectivity index (χ1) is 27.4. The van der Waals surface area contributed by atoms with Crippen molar-refractivity contribution in [3.05, 3.63) is 100 Å². The summed E-state index contributed by atoms with van der Waals surface area (Å²) in [5.41, 5.74) is 8.66. The Morgan fingerprint density at radius 1 is 0.877 bits per heavy atom. The highest BCUT2D eigenvalue weighted by Crippen LogP contribution is 2.42. The second kappa shape index (κ2) is 15.8. The Morgan fingerprint density at radius 2 is 1.60 bits per heavy atom. The zero-order valence-electron chi connectivity index (χ0n) is 33.2. The SMILES string of the molecule is COc1cc2c(cc1OCCCOc1cc3c(cc1C)C(=O)N1c4cc(NC(=O)CCC(C)(C)S(C)=S)ccc4C[C@H]1CN3)CC[C@@H]1Cc3ccccc3N1C2=O. The molecule has 4 aromatic rings. The number of benzene rings is 4. The summed E-state index contributed by atoms with van der Waals surface area (Å²) in [5.74, 6) is 1.74. The summed E-state index contributed by atoms with van der Waals surface area (Å²) in [6, 6.07) is 21.7. The van der Waals surface area contributed by atoms with Crippen molar-refractivity contribution >= 4 is 61.1 Å². The van der Waals surface area contributed by atoms with Crippen molar-refractivity contribution in [1.29, 1.82) is 0 Å². The average Bonchev–Trinajstić information content (AvgIpc) is 3.68. The molecule has 57 heavy (non-hydrogen) atoms. The maximum absolute atomic E-state index is 14.2. The smallest absolute Gasteiger partial charge is 0.260 e. The van der Waals surface area contributed by atoms with Crippen molar-refractivity contribution in [3.63, 3.8) is 0 Å². The first-order valence-corrected chi connectivity index (χ1v) is 22.3. The third kappa shape index (κ3) is 7.61. The second-order valence-electron chi connectivity index (χ2n) is 16.1. The number of aryl methyl sites for hydroxylation is 2. The minimum Gasteiger partial charge on any atom is -0.493 e. The van der Waals surface area contributed by atoms with Gasteiger partial charge in [-0.3, -0.25) is 14.4 Å². The van der Waals surface area contributed by atoms with Gasteiger partial charge >= 0.3 is 0 Å². The van der Waals surface area contributed by atoms with Gasteiger partial charge in [0.2, 0.25) is 5.91 Å². The summed E-state index contributed by atoms with van der Waals surface area (Å²) in [6.45, 7) is 7.57. The topological polar surface area (TPSA) is 109 Å². The number of anilines is 4. The molecule has 1 unspecified atom stereocenters. The van der Waals surface area contributed by atoms with Crippen LogP contribution in [-0.2, 0) is 44.7 Å². The Kier molecular flexibility index (Phi) is 10.8. The molecule has 3 amide bonds. The van der Waals surface area contributed by atoms with Gasteiger partial charge in [0.15, 0.2) is 11.5 Å². The van der Waals surface area contributed by atoms with Crippen LogP contribution in [0.2, 0.25) is 0 Å². The lowest BCUT2D eigenvalue weighted by atomic mass is 9.99. The molecule has 0 spiro atoms. The Labute approximate surface area is 341 Å². The number of fused-ring (bicyclic) bond motifs is 8. The lowest BCUT2D eigenvalue weighted by Gasteiger charge is -2.24. The quantitative estimate of drug-likeness (QED) is 0.141. The fourth-order valence-electron chi connectivity index (χ4n) is 8.45. The maximum atomic E-state index is 14.2. The van der Waals surface area contributed by atoms with E-state index in [1.54, 1.807) is 7.11 Å². The standard InChI is InChI=1S/C45H50N4O6S2/c1-27-19-35-36(46-26-33-21-30-11-13-31(23-38(30)49(33)44(35)52)47-42(50)15-16-45(2,3)57(5)56)25-39(27)54-17-8-18-55-41-22-28-12-14-32-20-29-9-6-7-10-37(29)48(32)43(51)34(28)24-40(41)53-4/h6-7,9-11,13,19,22-25,32-33,46H,8,12,14-18,20-21,26H2,1-5H3,(H,47,50)/t32-,33+,57?/m1/s1. The van der Waals surface area contributed by atoms with Crippen LogP contribution in [0.15, 0.2) is 66.7 Å². The van der Waals surface area contributed by atoms with E-state index in [0.29, 0.717) is 73.1 Å². The van der Waals surface area contributed by atoms with Crippen LogP contribution in [0.1, 0.15) is 82.5 Å². The highest BCUT2D eigenvalue weighted by molar-refractivity contribution is 8.29. The molecule has 4 aliphatic rings. The number of nitrogens with zero attached hydrogens (tertiary/aromatic N) is 2. The number of ether oxygens (including phenoxy) is 3. The molecular weight excluding hydrogens is 757 g/mol. The molecule has 4 aromatic carbocycles. The van der Waals surface area contributed by atoms with Gasteiger partial charge in [-0.1, -0.05) is 49.3 Å². The third-order valence-electron chi connectivity index (χ3n) is 11.9. The van der Waals surface area contributed by atoms with Crippen LogP contribution in [-0.4, -0.2) is 67.7 Å². The van der Waals surface area contributed by atoms with Gasteiger partial charge in [-0.05, 0) is 104 Å². The van der Waals surface area contributed by atoms with Crippen LogP contribution in [0.4, 0.5) is 22.7 Å². The van der Waals surface area contributed by atoms with Gasteiger partial charge in [0.25, 0.3) is 11.8 Å². The van der Waals surface area contributed by atoms with Gasteiger partial charge in [0.05, 0.1) is 37.6 Å². The summed E-state index contributed by atoms with van der Waals surface area (Å²) >= 11 is 5.49. The maximum Gasteiger partial charge on any atom is 0.260 e. The molecule has 298 valence electrons. The first kappa shape index (κ1) is 38.9. The van der Waals surface area contributed by atoms with Crippen LogP contribution in [0.3, 0.4) is 0 Å². The van der Waals surface area contributed by atoms with Crippen molar-refractivity contribution in [3.8, 4) is 17.2 Å². The Morgan fingerprint density at radius 3 is 2.39 bits per heavy atom. The molecule has 0 radical (unpaired) electrons. The molecule has 3 atom stereocenters. The van der Waals surface area contributed by atoms with Gasteiger partial charge in [0.1, 0.15) is 5.75 Å². The predicted molar refractivity (Wildman–Crippen MR) is 231 cm³/mol. The van der Waals surface area contributed by atoms with E-state index >= 15 is 0 Å². The van der Waals surface area contributed by atoms with Gasteiger partial charge in [0, 0.05) is 58.9 Å². The molecule has 0 saturated carbocycles. The summed E-state index contributed by atoms with van der Waals surface area (Å²) in [6.07, 6.45) is 7.02. The first-order valence-electron chi connectivity index (χ1n) is 19.8. The lowest BCUT2D eigenvalue weighted by molar-refractivity contribution is -0.116. The zero-order valence-corrected chi connectivity index (χ0v) is 34.9. The number of methoxy groups -OCH3 is 1. The van der Waals surface area contributed by atoms with Crippen LogP contribution < -0.4 is 34.6 Å². The summed E-state index contributed by atoms with van der Waals surface area (Å²) < 4.78 is 18.1. The number of carbonyl (C=O) groups is 3. The van der Waals surface area contributed by atoms with E-state index in [4.69, 9.17) is 25.4 Å². The number of para-hydroxylation sites is 1. The Hall–Kier alpha value is -4.94. The monoisotopic (exact) mass is 806 g/mol. The molecule has 0 saturated heterocycles. The number of hydrogen-bond donors (Lipinski definition) is 2. The molecule has 4 heterocycles. The number of amides is 3. The average molecular weight is 807 g/mol. The molecule has 2 N–H and O–H groups in total. The zero-order chi connectivity index (χ0) is 40.0. The van der Waals surface area contributed by atoms with Gasteiger partial charge in [-0.2, -0.15) is 0 Å². The molecule has 0 fully saturated rings. The highest BCUT2D eigenvalue weighted by Gasteiger charge is 2.39. The molecule has 10 nitrogen and oxygen atoms in total. The van der Waals surface area contributed by atoms with Crippen LogP contribution in [0.5, 0.6) is 17.2 Å². The largest absolute Gasteiger partial charge is 0.493 e. The van der Waals surface area contributed by atoms with E-state index in [2.05, 4.69) is 30.5 Å². The van der Waals surface area contributed by atoms with Crippen LogP contribution >= 0.6 is 0 Å². The van der Waals surface area contributed by atoms with Crippen molar-refractivity contribution in [2.45, 2.75) is 82.5 Å². The van der Waals surface area contributed by atoms with Gasteiger partial charge < -0.3 is 34.6 Å². The van der Waals surface area contributed by atoms with Crippen LogP contribution in [0, 0.1) is 6.92 Å². The molecule has 0 bridgehead atoms. The number of rotatable bonds is 12. The number of hydrogen-bond acceptors (Lipinski definition) is 8. The second-order valence-corrected chi connectivity index (χ2v) is 19.6. The Bertz CT molecular complexity index is 2290. The normalized spacial score (nSPS) is 18.5. The predicted octanol–water partition coefficient (Wildman–Crippen LogP) is 7.57. The Balaban J connectivity index is 0.890. The number of nitrogens with one attached hydrogen (secondary N) is 2. The molecular formula is C45H50N4O6S2. The lowest BCUT2D eigenvalue weighted by Crippen LogP contribution is -2.39. The molecule has 0 aliphatic carbocycles. The number of carbonyl (C=O) groups excluding carboxylic acids is 3. The van der Waals surface area contributed by atoms with Crippen molar-refractivity contribution in [2.75, 3.05) is 53.6 Å². The van der Waals surface area contributed by atoms with Crippen molar-refractivity contribution in [2.24, 2.45) is 0 Å². The van der Waals surface area contributed by atoms with E-state index in [9.17, 15) is 14.4 Å². The molecule has 8 rings (SSSR count). The van der Waals surface area contributed by atoms with E-state index in [-0.39, 0.29) is 44.0 Å². The molecule has 12 heteroatoms. The third-order valence-corrected chi connectivity index (χ3v) is 15.0. The summed E-state index contributed by atoms with van der Waals surface area (Å²) in [5, 5.41) is 6.56. The van der Waals surface area contributed by atoms with Gasteiger partial charge in [-0.15, -0.1) is 9.45 Å². The minimum absolute atomic E-state index is 0.0115. The molecule has 4 aliphatic heterocycles. The van der Waals surface area contributed by atoms with E-state index < -0.39 is 0 Å². The summed E-state index contributed by atoms with van der Waals surface area (Å²) in [4.78, 5) is 44.7. The summed E-state index contributed by atoms with van der Waals surface area (Å²) in [7, 11) is 1.39. The highest BCUT2D eigenvalue weighted by atomic mass is 32.8. The van der Waals surface area contributed by atoms with E-state index in [1.165, 1.54) is 5.56 Å². The van der Waals surface area contributed by atoms with Gasteiger partial charge in [-0.25, -0.2) is 0 Å². The van der Waals surface area contributed by atoms with Crippen molar-refractivity contribution < 1.29 is 28.6 Å². The van der Waals surface area contributed by atoms with E-state index in [0.717, 1.165) is 59.4 Å². The van der Waals surface area contributed by atoms with E-state index in [1.807, 2.05) is 83.6 Å². The molecule has 0 aromatic heterocycles. The fourth-order valence-corrected chi connectivity index (χ4v) is 9.09. The van der Waals surface area contributed by atoms with Crippen LogP contribution in [0.25, 0.3) is 0 Å². The fraction of sp³-hybridized carbons (Fsp3) is 0.400. The minimum atomic E-state index is -0.210.